The van der Waals surface area contributed by atoms with E-state index in [1.165, 1.54) is 0 Å². The molecule has 0 aliphatic heterocycles. The molecule has 0 aromatic heterocycles. The quantitative estimate of drug-likeness (QED) is 0.612. The van der Waals surface area contributed by atoms with E-state index in [1.54, 1.807) is 20.8 Å². The largest absolute Gasteiger partial charge is 0.767 e. The molecule has 0 amide bonds. The minimum absolute atomic E-state index is 0.365. The minimum atomic E-state index is -2.39. The summed E-state index contributed by atoms with van der Waals surface area (Å²) in [5, 5.41) is 8.93. The Kier molecular flexibility index (Phi) is 5.05. The van der Waals surface area contributed by atoms with Gasteiger partial charge in [0, 0.05) is 0 Å². The summed E-state index contributed by atoms with van der Waals surface area (Å²) in [6.45, 7) is 5.32. The zero-order valence-electron chi connectivity index (χ0n) is 7.03. The van der Waals surface area contributed by atoms with Gasteiger partial charge < -0.3 is 14.0 Å². The van der Waals surface area contributed by atoms with Crippen molar-refractivity contribution in [1.82, 2.24) is 0 Å². The molecular formula is C6H14O4Si. The van der Waals surface area contributed by atoms with Gasteiger partial charge in [-0.15, -0.1) is 0 Å². The van der Waals surface area contributed by atoms with Crippen LogP contribution in [0.1, 0.15) is 20.8 Å². The van der Waals surface area contributed by atoms with Crippen molar-refractivity contribution in [2.75, 3.05) is 6.61 Å². The van der Waals surface area contributed by atoms with Crippen LogP contribution in [0.2, 0.25) is 0 Å². The van der Waals surface area contributed by atoms with Crippen molar-refractivity contribution in [2.24, 2.45) is 0 Å². The number of aliphatic hydroxyl groups is 1. The fourth-order valence-electron chi connectivity index (χ4n) is 0.402. The van der Waals surface area contributed by atoms with Gasteiger partial charge in [0.15, 0.2) is 0 Å². The van der Waals surface area contributed by atoms with Crippen molar-refractivity contribution in [3.63, 3.8) is 0 Å². The smallest absolute Gasteiger partial charge is 0.496 e. The summed E-state index contributed by atoms with van der Waals surface area (Å²) < 4.78 is 20.3. The first-order chi connectivity index (χ1) is 5.07. The van der Waals surface area contributed by atoms with Gasteiger partial charge in [-0.2, -0.15) is 0 Å². The maximum atomic E-state index is 10.8. The van der Waals surface area contributed by atoms with Crippen molar-refractivity contribution in [3.05, 3.63) is 0 Å². The molecule has 4 nitrogen and oxygen atoms in total. The standard InChI is InChI=1S/C6H14O4Si/c1-4-9-11(8)10-6(3)5(2)7/h5-7H,4H2,1-3H3. The second-order valence-electron chi connectivity index (χ2n) is 2.25. The van der Waals surface area contributed by atoms with Gasteiger partial charge >= 0.3 is 9.17 Å². The van der Waals surface area contributed by atoms with Crippen LogP contribution in [0, 0.1) is 0 Å². The fourth-order valence-corrected chi connectivity index (χ4v) is 1.21. The van der Waals surface area contributed by atoms with Crippen LogP contribution in [0.25, 0.3) is 0 Å². The van der Waals surface area contributed by atoms with E-state index in [1.807, 2.05) is 0 Å². The van der Waals surface area contributed by atoms with Gasteiger partial charge in [0.05, 0.1) is 12.7 Å². The molecule has 0 radical (unpaired) electrons. The summed E-state index contributed by atoms with van der Waals surface area (Å²) in [6.07, 6.45) is -1.06. The lowest BCUT2D eigenvalue weighted by Crippen LogP contribution is -2.28. The van der Waals surface area contributed by atoms with E-state index in [2.05, 4.69) is 4.43 Å². The van der Waals surface area contributed by atoms with Crippen molar-refractivity contribution in [2.45, 2.75) is 33.0 Å². The summed E-state index contributed by atoms with van der Waals surface area (Å²) in [6, 6.07) is 0. The van der Waals surface area contributed by atoms with Crippen molar-refractivity contribution in [1.29, 1.82) is 0 Å². The summed E-state index contributed by atoms with van der Waals surface area (Å²) in [5.41, 5.74) is 0. The number of aliphatic hydroxyl groups excluding tert-OH is 1. The lowest BCUT2D eigenvalue weighted by atomic mass is 10.3. The zero-order chi connectivity index (χ0) is 8.85. The first-order valence-electron chi connectivity index (χ1n) is 3.59. The Morgan fingerprint density at radius 1 is 1.55 bits per heavy atom. The number of hydrogen-bond donors (Lipinski definition) is 1. The molecule has 11 heavy (non-hydrogen) atoms. The van der Waals surface area contributed by atoms with Crippen LogP contribution in [0.5, 0.6) is 0 Å². The van der Waals surface area contributed by atoms with Crippen molar-refractivity contribution < 1.29 is 18.4 Å². The first-order valence-corrected chi connectivity index (χ1v) is 4.81. The van der Waals surface area contributed by atoms with Crippen LogP contribution in [-0.2, 0) is 13.3 Å². The highest BCUT2D eigenvalue weighted by molar-refractivity contribution is 6.26. The Morgan fingerprint density at radius 3 is 2.45 bits per heavy atom. The molecule has 0 bridgehead atoms. The highest BCUT2D eigenvalue weighted by Crippen LogP contribution is 1.97. The van der Waals surface area contributed by atoms with Crippen LogP contribution in [-0.4, -0.2) is 33.1 Å². The third kappa shape index (κ3) is 4.91. The van der Waals surface area contributed by atoms with Crippen LogP contribution < -0.4 is 0 Å². The van der Waals surface area contributed by atoms with Gasteiger partial charge in [-0.05, 0) is 20.8 Å². The highest BCUT2D eigenvalue weighted by atomic mass is 28.3. The molecule has 0 aromatic rings. The van der Waals surface area contributed by atoms with E-state index >= 15 is 0 Å². The maximum Gasteiger partial charge on any atom is 0.767 e. The molecule has 5 heteroatoms. The Morgan fingerprint density at radius 2 is 2.09 bits per heavy atom. The van der Waals surface area contributed by atoms with E-state index in [-0.39, 0.29) is 0 Å². The van der Waals surface area contributed by atoms with E-state index in [4.69, 9.17) is 9.53 Å². The number of rotatable bonds is 5. The zero-order valence-corrected chi connectivity index (χ0v) is 8.03. The second-order valence-corrected chi connectivity index (χ2v) is 3.27. The lowest BCUT2D eigenvalue weighted by molar-refractivity contribution is 0.0326. The topological polar surface area (TPSA) is 55.8 Å². The van der Waals surface area contributed by atoms with Crippen LogP contribution in [0.4, 0.5) is 0 Å². The molecule has 0 aromatic carbocycles. The van der Waals surface area contributed by atoms with Gasteiger partial charge in [0.2, 0.25) is 0 Å². The second kappa shape index (κ2) is 5.26. The normalized spacial score (nSPS) is 15.3. The molecular weight excluding hydrogens is 164 g/mol. The Balaban J connectivity index is 3.57. The maximum absolute atomic E-state index is 10.8. The molecule has 2 atom stereocenters. The molecule has 0 fully saturated rings. The third-order valence-electron chi connectivity index (χ3n) is 1.22. The molecule has 1 N–H and O–H groups in total. The average molecular weight is 178 g/mol. The van der Waals surface area contributed by atoms with Gasteiger partial charge in [0.25, 0.3) is 0 Å². The van der Waals surface area contributed by atoms with E-state index < -0.39 is 21.4 Å². The van der Waals surface area contributed by atoms with Crippen LogP contribution in [0.15, 0.2) is 0 Å². The summed E-state index contributed by atoms with van der Waals surface area (Å²) in [4.78, 5) is 0. The van der Waals surface area contributed by atoms with Crippen LogP contribution >= 0.6 is 0 Å². The molecule has 0 heterocycles. The first kappa shape index (κ1) is 10.6. The summed E-state index contributed by atoms with van der Waals surface area (Å²) in [7, 11) is -2.39. The fraction of sp³-hybridized carbons (Fsp3) is 1.00. The van der Waals surface area contributed by atoms with E-state index in [9.17, 15) is 4.46 Å². The minimum Gasteiger partial charge on any atom is -0.496 e. The van der Waals surface area contributed by atoms with Gasteiger partial charge in [0.1, 0.15) is 6.10 Å². The third-order valence-corrected chi connectivity index (χ3v) is 2.31. The number of hydrogen-bond acceptors (Lipinski definition) is 4. The molecule has 0 saturated carbocycles. The molecule has 0 saturated heterocycles. The lowest BCUT2D eigenvalue weighted by Gasteiger charge is -2.14. The summed E-state index contributed by atoms with van der Waals surface area (Å²) in [5.74, 6) is 0. The molecule has 0 rings (SSSR count). The van der Waals surface area contributed by atoms with E-state index in [0.717, 1.165) is 0 Å². The Labute approximate surface area is 68.0 Å². The average Bonchev–Trinajstić information content (AvgIpc) is 1.87. The molecule has 66 valence electrons. The molecule has 0 aliphatic rings. The van der Waals surface area contributed by atoms with Gasteiger partial charge in [-0.1, -0.05) is 0 Å². The van der Waals surface area contributed by atoms with E-state index in [0.29, 0.717) is 6.61 Å². The summed E-state index contributed by atoms with van der Waals surface area (Å²) >= 11 is 0. The molecule has 0 spiro atoms. The highest BCUT2D eigenvalue weighted by Gasteiger charge is 2.17. The molecule has 0 aliphatic carbocycles. The van der Waals surface area contributed by atoms with Crippen molar-refractivity contribution in [3.8, 4) is 0 Å². The van der Waals surface area contributed by atoms with Crippen molar-refractivity contribution >= 4 is 9.17 Å². The Bertz CT molecular complexity index is 126. The van der Waals surface area contributed by atoms with Gasteiger partial charge in [-0.25, -0.2) is 0 Å². The predicted molar refractivity (Wildman–Crippen MR) is 40.3 cm³/mol. The monoisotopic (exact) mass is 178 g/mol. The molecule has 2 unspecified atom stereocenters. The van der Waals surface area contributed by atoms with Gasteiger partial charge in [-0.3, -0.25) is 4.46 Å². The SMILES string of the molecule is CCO[Si](=O)OC(C)C(C)O. The predicted octanol–water partition coefficient (Wildman–Crippen LogP) is 0.224. The van der Waals surface area contributed by atoms with Crippen LogP contribution in [0.3, 0.4) is 0 Å². The Hall–Kier alpha value is -0.423.